The third-order valence-electron chi connectivity index (χ3n) is 4.81. The van der Waals surface area contributed by atoms with Crippen LogP contribution in [0.4, 0.5) is 10.1 Å². The Hall–Kier alpha value is -1.00. The molecule has 0 aliphatic carbocycles. The van der Waals surface area contributed by atoms with E-state index in [1.807, 2.05) is 7.05 Å². The second-order valence-electron chi connectivity index (χ2n) is 7.01. The molecule has 0 radical (unpaired) electrons. The highest BCUT2D eigenvalue weighted by molar-refractivity contribution is 7.89. The van der Waals surface area contributed by atoms with Crippen LogP contribution in [-0.2, 0) is 10.0 Å². The lowest BCUT2D eigenvalue weighted by molar-refractivity contribution is 0.222. The molecule has 0 spiro atoms. The van der Waals surface area contributed by atoms with Gasteiger partial charge in [-0.15, -0.1) is 0 Å². The van der Waals surface area contributed by atoms with Crippen LogP contribution in [0.5, 0.6) is 0 Å². The molecule has 1 fully saturated rings. The Balaban J connectivity index is 1.94. The molecule has 162 valence electrons. The SMILES string of the molecule is Cc1cc(NC(=S)c2cc(S(=O)(=O)N3CCN(C)CC3)c(Cl)cc2Cl)cc(Cl)c1F. The lowest BCUT2D eigenvalue weighted by atomic mass is 10.2. The van der Waals surface area contributed by atoms with Crippen LogP contribution in [-0.4, -0.2) is 55.8 Å². The lowest BCUT2D eigenvalue weighted by Crippen LogP contribution is -2.47. The van der Waals surface area contributed by atoms with Crippen molar-refractivity contribution in [2.24, 2.45) is 0 Å². The minimum atomic E-state index is -3.82. The first-order valence-electron chi connectivity index (χ1n) is 8.95. The van der Waals surface area contributed by atoms with Gasteiger partial charge in [-0.3, -0.25) is 0 Å². The maximum Gasteiger partial charge on any atom is 0.244 e. The molecule has 1 N–H and O–H groups in total. The molecule has 2 aromatic rings. The minimum Gasteiger partial charge on any atom is -0.346 e. The summed E-state index contributed by atoms with van der Waals surface area (Å²) >= 11 is 23.8. The molecular weight excluding hydrogens is 492 g/mol. The molecule has 0 bridgehead atoms. The van der Waals surface area contributed by atoms with Crippen LogP contribution >= 0.6 is 47.0 Å². The first-order chi connectivity index (χ1) is 14.0. The third-order valence-corrected chi connectivity index (χ3v) is 8.09. The predicted molar refractivity (Wildman–Crippen MR) is 124 cm³/mol. The molecule has 0 aromatic heterocycles. The number of halogens is 4. The van der Waals surface area contributed by atoms with Gasteiger partial charge >= 0.3 is 0 Å². The summed E-state index contributed by atoms with van der Waals surface area (Å²) < 4.78 is 41.4. The zero-order valence-corrected chi connectivity index (χ0v) is 20.1. The predicted octanol–water partition coefficient (Wildman–Crippen LogP) is 4.82. The molecule has 1 aliphatic heterocycles. The van der Waals surface area contributed by atoms with E-state index in [0.717, 1.165) is 0 Å². The third kappa shape index (κ3) is 4.91. The molecule has 30 heavy (non-hydrogen) atoms. The zero-order chi connectivity index (χ0) is 22.2. The average molecular weight is 511 g/mol. The van der Waals surface area contributed by atoms with E-state index in [0.29, 0.717) is 43.0 Å². The fourth-order valence-corrected chi connectivity index (χ4v) is 5.94. The van der Waals surface area contributed by atoms with Crippen molar-refractivity contribution in [3.63, 3.8) is 0 Å². The monoisotopic (exact) mass is 509 g/mol. The number of aryl methyl sites for hydroxylation is 1. The Bertz CT molecular complexity index is 1080. The van der Waals surface area contributed by atoms with Crippen LogP contribution in [0.2, 0.25) is 15.1 Å². The number of hydrogen-bond donors (Lipinski definition) is 1. The molecule has 5 nitrogen and oxygen atoms in total. The molecule has 1 heterocycles. The quantitative estimate of drug-likeness (QED) is 0.598. The minimum absolute atomic E-state index is 0.0196. The maximum atomic E-state index is 13.8. The van der Waals surface area contributed by atoms with Gasteiger partial charge in [0, 0.05) is 37.4 Å². The Morgan fingerprint density at radius 3 is 2.27 bits per heavy atom. The van der Waals surface area contributed by atoms with Gasteiger partial charge in [0.05, 0.1) is 15.1 Å². The van der Waals surface area contributed by atoms with Crippen LogP contribution in [0.15, 0.2) is 29.2 Å². The van der Waals surface area contributed by atoms with Crippen LogP contribution in [0, 0.1) is 12.7 Å². The maximum absolute atomic E-state index is 13.8. The first-order valence-corrected chi connectivity index (χ1v) is 11.9. The number of likely N-dealkylation sites (N-methyl/N-ethyl adjacent to an activating group) is 1. The number of benzene rings is 2. The Morgan fingerprint density at radius 1 is 1.03 bits per heavy atom. The second-order valence-corrected chi connectivity index (χ2v) is 10.5. The van der Waals surface area contributed by atoms with Crippen molar-refractivity contribution in [3.8, 4) is 0 Å². The van der Waals surface area contributed by atoms with E-state index in [2.05, 4.69) is 10.2 Å². The van der Waals surface area contributed by atoms with Crippen LogP contribution in [0.3, 0.4) is 0 Å². The van der Waals surface area contributed by atoms with E-state index in [4.69, 9.17) is 47.0 Å². The van der Waals surface area contributed by atoms with E-state index in [9.17, 15) is 12.8 Å². The molecule has 2 aromatic carbocycles. The molecular formula is C19H19Cl3FN3O2S2. The molecule has 0 saturated carbocycles. The number of thiocarbonyl (C=S) groups is 1. The summed E-state index contributed by atoms with van der Waals surface area (Å²) in [5.74, 6) is -0.516. The number of nitrogens with one attached hydrogen (secondary N) is 1. The smallest absolute Gasteiger partial charge is 0.244 e. The van der Waals surface area contributed by atoms with Gasteiger partial charge in [0.1, 0.15) is 15.7 Å². The fraction of sp³-hybridized carbons (Fsp3) is 0.316. The van der Waals surface area contributed by atoms with Crippen molar-refractivity contribution in [1.82, 2.24) is 9.21 Å². The van der Waals surface area contributed by atoms with Crippen LogP contribution < -0.4 is 5.32 Å². The number of rotatable bonds is 4. The summed E-state index contributed by atoms with van der Waals surface area (Å²) in [6.07, 6.45) is 0. The van der Waals surface area contributed by atoms with Gasteiger partial charge in [-0.25, -0.2) is 12.8 Å². The Labute approximate surface area is 195 Å². The summed E-state index contributed by atoms with van der Waals surface area (Å²) in [6, 6.07) is 5.66. The molecule has 0 unspecified atom stereocenters. The molecule has 1 aliphatic rings. The molecule has 3 rings (SSSR count). The highest BCUT2D eigenvalue weighted by Gasteiger charge is 2.30. The number of hydrogen-bond acceptors (Lipinski definition) is 4. The van der Waals surface area contributed by atoms with Gasteiger partial charge in [0.2, 0.25) is 10.0 Å². The lowest BCUT2D eigenvalue weighted by Gasteiger charge is -2.31. The van der Waals surface area contributed by atoms with Crippen LogP contribution in [0.25, 0.3) is 0 Å². The van der Waals surface area contributed by atoms with Crippen molar-refractivity contribution in [3.05, 3.63) is 56.3 Å². The number of anilines is 1. The van der Waals surface area contributed by atoms with Gasteiger partial charge in [-0.1, -0.05) is 47.0 Å². The van der Waals surface area contributed by atoms with Crippen molar-refractivity contribution in [1.29, 1.82) is 0 Å². The number of sulfonamides is 1. The van der Waals surface area contributed by atoms with Crippen molar-refractivity contribution >= 4 is 67.7 Å². The average Bonchev–Trinajstić information content (AvgIpc) is 2.66. The Kier molecular flexibility index (Phi) is 7.29. The topological polar surface area (TPSA) is 52.7 Å². The molecule has 0 atom stereocenters. The van der Waals surface area contributed by atoms with Crippen molar-refractivity contribution in [2.75, 3.05) is 38.5 Å². The standard InChI is InChI=1S/C19H19Cl3FN3O2S2/c1-11-7-12(8-16(22)18(11)23)24-19(29)13-9-17(15(21)10-14(13)20)30(27,28)26-5-3-25(2)4-6-26/h7-10H,3-6H2,1-2H3,(H,24,29). The van der Waals surface area contributed by atoms with Crippen molar-refractivity contribution in [2.45, 2.75) is 11.8 Å². The summed E-state index contributed by atoms with van der Waals surface area (Å²) in [5, 5.41) is 3.09. The molecule has 1 saturated heterocycles. The zero-order valence-electron chi connectivity index (χ0n) is 16.2. The van der Waals surface area contributed by atoms with Crippen molar-refractivity contribution < 1.29 is 12.8 Å². The first kappa shape index (κ1) is 23.7. The molecule has 11 heteroatoms. The highest BCUT2D eigenvalue weighted by atomic mass is 35.5. The van der Waals surface area contributed by atoms with Gasteiger partial charge in [0.15, 0.2) is 0 Å². The molecule has 0 amide bonds. The van der Waals surface area contributed by atoms with Gasteiger partial charge in [-0.05, 0) is 43.8 Å². The normalized spacial score (nSPS) is 15.9. The van der Waals surface area contributed by atoms with Gasteiger partial charge < -0.3 is 10.2 Å². The van der Waals surface area contributed by atoms with Gasteiger partial charge in [0.25, 0.3) is 0 Å². The fourth-order valence-electron chi connectivity index (χ4n) is 3.07. The number of piperazine rings is 1. The van der Waals surface area contributed by atoms with E-state index >= 15 is 0 Å². The van der Waals surface area contributed by atoms with Crippen LogP contribution in [0.1, 0.15) is 11.1 Å². The second kappa shape index (κ2) is 9.24. The Morgan fingerprint density at radius 2 is 1.67 bits per heavy atom. The summed E-state index contributed by atoms with van der Waals surface area (Å²) in [4.78, 5) is 2.15. The summed E-state index contributed by atoms with van der Waals surface area (Å²) in [5.41, 5.74) is 1.09. The van der Waals surface area contributed by atoms with E-state index in [1.165, 1.54) is 22.5 Å². The number of nitrogens with zero attached hydrogens (tertiary/aromatic N) is 2. The summed E-state index contributed by atoms with van der Waals surface area (Å²) in [7, 11) is -1.89. The summed E-state index contributed by atoms with van der Waals surface area (Å²) in [6.45, 7) is 3.56. The van der Waals surface area contributed by atoms with E-state index in [-0.39, 0.29) is 25.0 Å². The largest absolute Gasteiger partial charge is 0.346 e. The van der Waals surface area contributed by atoms with Gasteiger partial charge in [-0.2, -0.15) is 4.31 Å². The van der Waals surface area contributed by atoms with E-state index in [1.54, 1.807) is 13.0 Å². The highest BCUT2D eigenvalue weighted by Crippen LogP contribution is 2.32. The van der Waals surface area contributed by atoms with E-state index < -0.39 is 15.8 Å².